The molecule has 0 aliphatic heterocycles. The zero-order valence-corrected chi connectivity index (χ0v) is 22.5. The van der Waals surface area contributed by atoms with Crippen LogP contribution in [0.25, 0.3) is 0 Å². The van der Waals surface area contributed by atoms with Gasteiger partial charge in [0.15, 0.2) is 0 Å². The predicted octanol–water partition coefficient (Wildman–Crippen LogP) is 4.33. The molecular weight excluding hydrogens is 444 g/mol. The zero-order valence-electron chi connectivity index (χ0n) is 21.5. The van der Waals surface area contributed by atoms with E-state index in [2.05, 4.69) is 69.3 Å². The molecule has 184 valence electrons. The van der Waals surface area contributed by atoms with E-state index >= 15 is 0 Å². The molecule has 3 rings (SSSR count). The van der Waals surface area contributed by atoms with Crippen LogP contribution in [-0.2, 0) is 23.5 Å². The summed E-state index contributed by atoms with van der Waals surface area (Å²) in [5.41, 5.74) is -0.574. The van der Waals surface area contributed by atoms with Crippen molar-refractivity contribution in [3.8, 4) is 0 Å². The Kier molecular flexibility index (Phi) is 7.73. The van der Waals surface area contributed by atoms with Gasteiger partial charge in [0.25, 0.3) is 8.32 Å². The fourth-order valence-electron chi connectivity index (χ4n) is 4.82. The first kappa shape index (κ1) is 26.2. The largest absolute Gasteiger partial charge is 0.466 e. The Morgan fingerprint density at radius 2 is 1.26 bits per heavy atom. The maximum Gasteiger partial charge on any atom is 0.310 e. The number of carbonyl (C=O) groups is 2. The molecule has 1 aliphatic carbocycles. The summed E-state index contributed by atoms with van der Waals surface area (Å²) in [6.45, 7) is 14.3. The Bertz CT molecular complexity index is 936. The number of rotatable bonds is 8. The third kappa shape index (κ3) is 5.78. The van der Waals surface area contributed by atoms with Crippen LogP contribution < -0.4 is 10.4 Å². The van der Waals surface area contributed by atoms with Crippen molar-refractivity contribution in [3.63, 3.8) is 0 Å². The number of hydrogen-bond acceptors (Lipinski definition) is 5. The normalized spacial score (nSPS) is 20.5. The van der Waals surface area contributed by atoms with Gasteiger partial charge >= 0.3 is 11.9 Å². The monoisotopic (exact) mass is 482 g/mol. The molecule has 1 saturated carbocycles. The van der Waals surface area contributed by atoms with E-state index in [4.69, 9.17) is 13.9 Å². The Labute approximate surface area is 204 Å². The van der Waals surface area contributed by atoms with Gasteiger partial charge in [-0.2, -0.15) is 0 Å². The van der Waals surface area contributed by atoms with Gasteiger partial charge in [0.1, 0.15) is 5.60 Å². The van der Waals surface area contributed by atoms with Crippen molar-refractivity contribution >= 4 is 30.6 Å². The summed E-state index contributed by atoms with van der Waals surface area (Å²) < 4.78 is 18.0. The summed E-state index contributed by atoms with van der Waals surface area (Å²) in [5.74, 6) is -1.09. The van der Waals surface area contributed by atoms with Crippen LogP contribution in [0.3, 0.4) is 0 Å². The minimum absolute atomic E-state index is 0.0594. The average Bonchev–Trinajstić information content (AvgIpc) is 3.45. The van der Waals surface area contributed by atoms with Crippen LogP contribution in [-0.4, -0.2) is 39.1 Å². The van der Waals surface area contributed by atoms with Gasteiger partial charge in [0, 0.05) is 25.4 Å². The molecule has 5 nitrogen and oxygen atoms in total. The lowest BCUT2D eigenvalue weighted by Gasteiger charge is -2.43. The number of hydrogen-bond donors (Lipinski definition) is 0. The van der Waals surface area contributed by atoms with Crippen molar-refractivity contribution in [2.24, 2.45) is 17.8 Å². The van der Waals surface area contributed by atoms with E-state index in [1.54, 1.807) is 0 Å². The summed E-state index contributed by atoms with van der Waals surface area (Å²) in [7, 11) is -2.72. The smallest absolute Gasteiger partial charge is 0.310 e. The van der Waals surface area contributed by atoms with Crippen molar-refractivity contribution in [2.45, 2.75) is 59.1 Å². The Hall–Kier alpha value is -2.44. The molecule has 1 fully saturated rings. The highest BCUT2D eigenvalue weighted by Crippen LogP contribution is 2.49. The van der Waals surface area contributed by atoms with Crippen LogP contribution in [0.15, 0.2) is 60.7 Å². The fraction of sp³-hybridized carbons (Fsp3) is 0.500. The summed E-state index contributed by atoms with van der Waals surface area (Å²) in [6, 6.07) is 20.9. The van der Waals surface area contributed by atoms with Gasteiger partial charge in [-0.05, 0) is 36.2 Å². The highest BCUT2D eigenvalue weighted by Gasteiger charge is 2.59. The SMILES string of the molecule is CC(=O)OC[C@@H]1[C@H](CO[Si](c2ccccc2)(c2ccccc2)C(C)(C)C)[C@H]1C(=O)OC(C)(C)C. The van der Waals surface area contributed by atoms with E-state index in [1.807, 2.05) is 32.9 Å². The third-order valence-corrected chi connectivity index (χ3v) is 11.4. The number of ether oxygens (including phenoxy) is 2. The van der Waals surface area contributed by atoms with E-state index in [0.717, 1.165) is 0 Å². The quantitative estimate of drug-likeness (QED) is 0.414. The fourth-order valence-corrected chi connectivity index (χ4v) is 9.41. The first-order valence-electron chi connectivity index (χ1n) is 12.0. The van der Waals surface area contributed by atoms with Gasteiger partial charge in [0.2, 0.25) is 0 Å². The summed E-state index contributed by atoms with van der Waals surface area (Å²) in [4.78, 5) is 24.4. The first-order valence-corrected chi connectivity index (χ1v) is 13.9. The van der Waals surface area contributed by atoms with E-state index in [0.29, 0.717) is 6.61 Å². The lowest BCUT2D eigenvalue weighted by atomic mass is 10.2. The average molecular weight is 483 g/mol. The van der Waals surface area contributed by atoms with Crippen LogP contribution in [0.1, 0.15) is 48.5 Å². The molecule has 1 aliphatic rings. The Balaban J connectivity index is 1.93. The Morgan fingerprint density at radius 3 is 1.68 bits per heavy atom. The standard InChI is InChI=1S/C28H38O5Si/c1-20(29)31-18-23-24(25(23)26(30)33-27(2,3)4)19-32-34(28(5,6)7,21-14-10-8-11-15-21)22-16-12-9-13-17-22/h8-17,23-25H,18-19H2,1-7H3/t23-,24+,25+/m1/s1. The molecule has 0 radical (unpaired) electrons. The lowest BCUT2D eigenvalue weighted by molar-refractivity contribution is -0.158. The van der Waals surface area contributed by atoms with Crippen molar-refractivity contribution in [1.29, 1.82) is 0 Å². The van der Waals surface area contributed by atoms with Crippen LogP contribution in [0.4, 0.5) is 0 Å². The van der Waals surface area contributed by atoms with Gasteiger partial charge in [-0.3, -0.25) is 9.59 Å². The summed E-state index contributed by atoms with van der Waals surface area (Å²) >= 11 is 0. The van der Waals surface area contributed by atoms with E-state index < -0.39 is 13.9 Å². The van der Waals surface area contributed by atoms with Crippen molar-refractivity contribution in [2.75, 3.05) is 13.2 Å². The zero-order chi connectivity index (χ0) is 25.1. The van der Waals surface area contributed by atoms with Gasteiger partial charge in [-0.25, -0.2) is 0 Å². The molecule has 0 N–H and O–H groups in total. The van der Waals surface area contributed by atoms with Crippen molar-refractivity contribution in [1.82, 2.24) is 0 Å². The lowest BCUT2D eigenvalue weighted by Crippen LogP contribution is -2.66. The van der Waals surface area contributed by atoms with Gasteiger partial charge in [-0.1, -0.05) is 81.4 Å². The van der Waals surface area contributed by atoms with Gasteiger partial charge in [-0.15, -0.1) is 0 Å². The molecular formula is C28H38O5Si. The van der Waals surface area contributed by atoms with Crippen LogP contribution in [0.5, 0.6) is 0 Å². The van der Waals surface area contributed by atoms with Crippen molar-refractivity contribution in [3.05, 3.63) is 60.7 Å². The number of benzene rings is 2. The molecule has 0 heterocycles. The highest BCUT2D eigenvalue weighted by molar-refractivity contribution is 6.99. The number of esters is 2. The third-order valence-electron chi connectivity index (χ3n) is 6.40. The van der Waals surface area contributed by atoms with Crippen LogP contribution in [0, 0.1) is 17.8 Å². The van der Waals surface area contributed by atoms with Crippen molar-refractivity contribution < 1.29 is 23.5 Å². The molecule has 0 bridgehead atoms. The Morgan fingerprint density at radius 1 is 0.794 bits per heavy atom. The van der Waals surface area contributed by atoms with E-state index in [1.165, 1.54) is 17.3 Å². The highest BCUT2D eigenvalue weighted by atomic mass is 28.4. The minimum atomic E-state index is -2.72. The van der Waals surface area contributed by atoms with E-state index in [9.17, 15) is 9.59 Å². The maximum atomic E-state index is 12.9. The second kappa shape index (κ2) is 10.0. The van der Waals surface area contributed by atoms with Crippen LogP contribution in [0.2, 0.25) is 5.04 Å². The van der Waals surface area contributed by atoms with Crippen LogP contribution >= 0.6 is 0 Å². The summed E-state index contributed by atoms with van der Waals surface area (Å²) in [5, 5.41) is 2.23. The van der Waals surface area contributed by atoms with E-state index in [-0.39, 0.29) is 41.3 Å². The number of carbonyl (C=O) groups excluding carboxylic acids is 2. The molecule has 2 aromatic rings. The van der Waals surface area contributed by atoms with Gasteiger partial charge in [0.05, 0.1) is 12.5 Å². The molecule has 0 unspecified atom stereocenters. The first-order chi connectivity index (χ1) is 15.9. The topological polar surface area (TPSA) is 61.8 Å². The predicted molar refractivity (Wildman–Crippen MR) is 137 cm³/mol. The molecule has 3 atom stereocenters. The molecule has 0 aromatic heterocycles. The maximum absolute atomic E-state index is 12.9. The molecule has 6 heteroatoms. The second-order valence-electron chi connectivity index (χ2n) is 11.2. The second-order valence-corrected chi connectivity index (χ2v) is 15.5. The van der Waals surface area contributed by atoms with Gasteiger partial charge < -0.3 is 13.9 Å². The molecule has 0 spiro atoms. The minimum Gasteiger partial charge on any atom is -0.466 e. The molecule has 0 amide bonds. The molecule has 0 saturated heterocycles. The summed E-state index contributed by atoms with van der Waals surface area (Å²) in [6.07, 6.45) is 0. The molecule has 34 heavy (non-hydrogen) atoms. The molecule has 2 aromatic carbocycles.